The molecule has 0 saturated carbocycles. The molecule has 0 atom stereocenters. The molecule has 2 aromatic rings. The summed E-state index contributed by atoms with van der Waals surface area (Å²) in [5.41, 5.74) is 8.30. The van der Waals surface area contributed by atoms with Gasteiger partial charge < -0.3 is 19.7 Å². The number of thioether (sulfide) groups is 1. The predicted molar refractivity (Wildman–Crippen MR) is 95.3 cm³/mol. The van der Waals surface area contributed by atoms with Gasteiger partial charge in [0.1, 0.15) is 11.5 Å². The number of hydrogen-bond acceptors (Lipinski definition) is 7. The molecule has 0 aliphatic carbocycles. The zero-order valence-corrected chi connectivity index (χ0v) is 13.8. The summed E-state index contributed by atoms with van der Waals surface area (Å²) in [5.74, 6) is 1.51. The lowest BCUT2D eigenvalue weighted by atomic mass is 10.1. The Hall–Kier alpha value is -3.00. The number of aromatic hydroxyl groups is 2. The van der Waals surface area contributed by atoms with Crippen molar-refractivity contribution in [3.05, 3.63) is 52.9 Å². The smallest absolute Gasteiger partial charge is 0.231 e. The topological polar surface area (TPSA) is 95.3 Å². The second-order valence-electron chi connectivity index (χ2n) is 5.41. The lowest BCUT2D eigenvalue weighted by Gasteiger charge is -2.19. The van der Waals surface area contributed by atoms with E-state index in [0.717, 1.165) is 17.1 Å². The molecule has 128 valence electrons. The molecule has 0 spiro atoms. The molecule has 0 saturated heterocycles. The molecule has 2 aromatic carbocycles. The molecule has 4 rings (SSSR count). The molecular weight excluding hydrogens is 342 g/mol. The van der Waals surface area contributed by atoms with Crippen LogP contribution in [0.15, 0.2) is 46.8 Å². The number of hydrogen-bond donors (Lipinski definition) is 4. The maximum absolute atomic E-state index is 9.91. The van der Waals surface area contributed by atoms with Gasteiger partial charge in [0, 0.05) is 17.0 Å². The molecule has 0 fully saturated rings. The largest absolute Gasteiger partial charge is 0.508 e. The average Bonchev–Trinajstić information content (AvgIpc) is 3.08. The van der Waals surface area contributed by atoms with Gasteiger partial charge >= 0.3 is 0 Å². The van der Waals surface area contributed by atoms with Gasteiger partial charge in [0.15, 0.2) is 16.7 Å². The fourth-order valence-corrected chi connectivity index (χ4v) is 3.12. The molecule has 2 heterocycles. The minimum atomic E-state index is 0.00176. The number of hydrazine groups is 1. The molecular formula is C17H15N3O4S. The van der Waals surface area contributed by atoms with Crippen LogP contribution in [0.5, 0.6) is 23.0 Å². The Labute approximate surface area is 148 Å². The van der Waals surface area contributed by atoms with Crippen LogP contribution in [0.25, 0.3) is 5.70 Å². The van der Waals surface area contributed by atoms with Gasteiger partial charge in [0.2, 0.25) is 6.79 Å². The lowest BCUT2D eigenvalue weighted by Crippen LogP contribution is -2.36. The van der Waals surface area contributed by atoms with Crippen LogP contribution in [0.1, 0.15) is 11.1 Å². The third-order valence-corrected chi connectivity index (χ3v) is 4.51. The quantitative estimate of drug-likeness (QED) is 0.670. The summed E-state index contributed by atoms with van der Waals surface area (Å²) in [5, 5.41) is 21.8. The van der Waals surface area contributed by atoms with E-state index in [1.54, 1.807) is 6.07 Å². The lowest BCUT2D eigenvalue weighted by molar-refractivity contribution is 0.174. The van der Waals surface area contributed by atoms with Crippen molar-refractivity contribution in [3.63, 3.8) is 0 Å². The molecule has 0 amide bonds. The summed E-state index contributed by atoms with van der Waals surface area (Å²) in [6.45, 7) is 0.758. The molecule has 4 N–H and O–H groups in total. The van der Waals surface area contributed by atoms with Gasteiger partial charge in [-0.05, 0) is 29.8 Å². The van der Waals surface area contributed by atoms with Crippen molar-refractivity contribution < 1.29 is 19.7 Å². The zero-order valence-electron chi connectivity index (χ0n) is 13.0. The third kappa shape index (κ3) is 3.29. The Morgan fingerprint density at radius 2 is 1.92 bits per heavy atom. The van der Waals surface area contributed by atoms with Crippen LogP contribution in [-0.2, 0) is 6.54 Å². The summed E-state index contributed by atoms with van der Waals surface area (Å²) < 4.78 is 10.6. The summed E-state index contributed by atoms with van der Waals surface area (Å²) in [6, 6.07) is 10.2. The highest BCUT2D eigenvalue weighted by Crippen LogP contribution is 2.33. The Morgan fingerprint density at radius 3 is 2.72 bits per heavy atom. The summed E-state index contributed by atoms with van der Waals surface area (Å²) in [4.78, 5) is 4.51. The number of phenols is 2. The number of phenolic OH excluding ortho intramolecular Hbond substituents is 2. The Morgan fingerprint density at radius 1 is 1.04 bits per heavy atom. The standard InChI is InChI=1S/C17H15N3O4S/c21-11-2-3-12(14(22)6-11)13-8-25-17(20-19-13)18-7-10-1-4-15-16(5-10)24-9-23-15/h1-6,8,19,21-22H,7,9H2,(H,18,20). The summed E-state index contributed by atoms with van der Waals surface area (Å²) >= 11 is 1.41. The first-order chi connectivity index (χ1) is 12.2. The number of nitrogens with zero attached hydrogens (tertiary/aromatic N) is 1. The molecule has 0 aromatic heterocycles. The highest BCUT2D eigenvalue weighted by molar-refractivity contribution is 8.16. The second-order valence-corrected chi connectivity index (χ2v) is 6.27. The second kappa shape index (κ2) is 6.48. The summed E-state index contributed by atoms with van der Waals surface area (Å²) in [7, 11) is 0. The molecule has 0 radical (unpaired) electrons. The van der Waals surface area contributed by atoms with Crippen molar-refractivity contribution in [1.29, 1.82) is 0 Å². The number of fused-ring (bicyclic) bond motifs is 1. The maximum atomic E-state index is 9.91. The van der Waals surface area contributed by atoms with Crippen LogP contribution < -0.4 is 20.3 Å². The Balaban J connectivity index is 1.44. The van der Waals surface area contributed by atoms with Gasteiger partial charge in [-0.15, -0.1) is 0 Å². The van der Waals surface area contributed by atoms with Gasteiger partial charge in [0.25, 0.3) is 0 Å². The van der Waals surface area contributed by atoms with Crippen LogP contribution in [0.4, 0.5) is 0 Å². The number of benzene rings is 2. The van der Waals surface area contributed by atoms with Crippen LogP contribution in [0.2, 0.25) is 0 Å². The Bertz CT molecular complexity index is 882. The van der Waals surface area contributed by atoms with Crippen LogP contribution in [-0.4, -0.2) is 22.2 Å². The van der Waals surface area contributed by atoms with E-state index in [1.165, 1.54) is 23.9 Å². The number of amidine groups is 1. The van der Waals surface area contributed by atoms with E-state index in [0.29, 0.717) is 23.0 Å². The SMILES string of the molecule is Oc1ccc(C2=CSC(=NCc3ccc4c(c3)OCO4)NN2)c(O)c1. The number of ether oxygens (including phenoxy) is 2. The first kappa shape index (κ1) is 15.5. The minimum absolute atomic E-state index is 0.00176. The van der Waals surface area contributed by atoms with Crippen LogP contribution in [0, 0.1) is 0 Å². The monoisotopic (exact) mass is 357 g/mol. The van der Waals surface area contributed by atoms with Gasteiger partial charge in [0.05, 0.1) is 12.2 Å². The van der Waals surface area contributed by atoms with E-state index in [2.05, 4.69) is 15.8 Å². The third-order valence-electron chi connectivity index (χ3n) is 3.71. The van der Waals surface area contributed by atoms with Crippen molar-refractivity contribution in [3.8, 4) is 23.0 Å². The Kier molecular flexibility index (Phi) is 4.02. The number of aliphatic imine (C=N–C) groups is 1. The van der Waals surface area contributed by atoms with Crippen molar-refractivity contribution in [2.24, 2.45) is 4.99 Å². The van der Waals surface area contributed by atoms with Crippen molar-refractivity contribution in [2.45, 2.75) is 6.54 Å². The van der Waals surface area contributed by atoms with Crippen molar-refractivity contribution in [1.82, 2.24) is 10.9 Å². The predicted octanol–water partition coefficient (Wildman–Crippen LogP) is 2.52. The van der Waals surface area contributed by atoms with Crippen LogP contribution >= 0.6 is 11.8 Å². The number of nitrogens with one attached hydrogen (secondary N) is 2. The molecule has 7 nitrogen and oxygen atoms in total. The fraction of sp³-hybridized carbons (Fsp3) is 0.118. The van der Waals surface area contributed by atoms with Gasteiger partial charge in [-0.1, -0.05) is 17.8 Å². The van der Waals surface area contributed by atoms with E-state index in [-0.39, 0.29) is 18.3 Å². The molecule has 2 aliphatic heterocycles. The molecule has 8 heteroatoms. The van der Waals surface area contributed by atoms with Gasteiger partial charge in [-0.25, -0.2) is 0 Å². The minimum Gasteiger partial charge on any atom is -0.508 e. The maximum Gasteiger partial charge on any atom is 0.231 e. The first-order valence-electron chi connectivity index (χ1n) is 7.53. The summed E-state index contributed by atoms with van der Waals surface area (Å²) in [6.07, 6.45) is 0. The van der Waals surface area contributed by atoms with E-state index in [1.807, 2.05) is 23.6 Å². The fourth-order valence-electron chi connectivity index (χ4n) is 2.45. The van der Waals surface area contributed by atoms with E-state index in [4.69, 9.17) is 9.47 Å². The van der Waals surface area contributed by atoms with E-state index < -0.39 is 0 Å². The van der Waals surface area contributed by atoms with Crippen LogP contribution in [0.3, 0.4) is 0 Å². The molecule has 25 heavy (non-hydrogen) atoms. The normalized spacial score (nSPS) is 17.0. The van der Waals surface area contributed by atoms with E-state index >= 15 is 0 Å². The molecule has 0 bridgehead atoms. The van der Waals surface area contributed by atoms with E-state index in [9.17, 15) is 10.2 Å². The van der Waals surface area contributed by atoms with Crippen molar-refractivity contribution in [2.75, 3.05) is 6.79 Å². The van der Waals surface area contributed by atoms with Crippen molar-refractivity contribution >= 4 is 22.6 Å². The average molecular weight is 357 g/mol. The zero-order chi connectivity index (χ0) is 17.2. The number of rotatable bonds is 3. The molecule has 2 aliphatic rings. The molecule has 0 unspecified atom stereocenters. The van der Waals surface area contributed by atoms with Gasteiger partial charge in [-0.2, -0.15) is 0 Å². The first-order valence-corrected chi connectivity index (χ1v) is 8.41. The highest BCUT2D eigenvalue weighted by Gasteiger charge is 2.15. The van der Waals surface area contributed by atoms with Gasteiger partial charge in [-0.3, -0.25) is 15.8 Å². The highest BCUT2D eigenvalue weighted by atomic mass is 32.2.